The lowest BCUT2D eigenvalue weighted by molar-refractivity contribution is 0.538. The molecule has 0 amide bonds. The Morgan fingerprint density at radius 2 is 2.13 bits per heavy atom. The number of rotatable bonds is 2. The Labute approximate surface area is 117 Å². The third-order valence-corrected chi connectivity index (χ3v) is 6.18. The number of furan rings is 1. The first kappa shape index (κ1) is 11.9. The van der Waals surface area contributed by atoms with Gasteiger partial charge in [-0.1, -0.05) is 15.9 Å². The summed E-state index contributed by atoms with van der Waals surface area (Å²) in [6.45, 7) is 2.10. The quantitative estimate of drug-likeness (QED) is 0.578. The van der Waals surface area contributed by atoms with Gasteiger partial charge in [0.1, 0.15) is 0 Å². The van der Waals surface area contributed by atoms with Crippen molar-refractivity contribution in [2.45, 2.75) is 11.8 Å². The molecule has 1 unspecified atom stereocenters. The molecule has 0 radical (unpaired) electrons. The Kier molecular flexibility index (Phi) is 3.75. The van der Waals surface area contributed by atoms with Gasteiger partial charge in [-0.15, -0.1) is 11.3 Å². The van der Waals surface area contributed by atoms with Crippen molar-refractivity contribution in [2.24, 2.45) is 0 Å². The molecule has 1 nitrogen and oxygen atoms in total. The first-order valence-corrected chi connectivity index (χ1v) is 7.54. The number of halogens is 3. The highest BCUT2D eigenvalue weighted by Gasteiger charge is 2.18. The van der Waals surface area contributed by atoms with Gasteiger partial charge in [0.15, 0.2) is 4.67 Å². The van der Waals surface area contributed by atoms with Crippen LogP contribution in [0.1, 0.15) is 20.1 Å². The molecule has 0 N–H and O–H groups in total. The molecule has 5 heteroatoms. The van der Waals surface area contributed by atoms with Crippen molar-refractivity contribution in [1.82, 2.24) is 0 Å². The molecule has 0 spiro atoms. The smallest absolute Gasteiger partial charge is 0.173 e. The Balaban J connectivity index is 2.36. The maximum atomic E-state index is 5.22. The Morgan fingerprint density at radius 3 is 2.60 bits per heavy atom. The van der Waals surface area contributed by atoms with Crippen LogP contribution in [0.4, 0.5) is 0 Å². The van der Waals surface area contributed by atoms with Gasteiger partial charge < -0.3 is 4.42 Å². The molecule has 15 heavy (non-hydrogen) atoms. The Morgan fingerprint density at radius 1 is 1.40 bits per heavy atom. The SMILES string of the molecule is Cc1sc(C(Br)c2ccoc2Br)cc1Br. The molecule has 2 rings (SSSR count). The van der Waals surface area contributed by atoms with E-state index in [1.807, 2.05) is 6.07 Å². The standard InChI is InChI=1S/C10H7Br3OS/c1-5-7(11)4-8(15-5)9(12)6-2-3-14-10(6)13/h2-4,9H,1H3. The van der Waals surface area contributed by atoms with E-state index in [9.17, 15) is 0 Å². The number of hydrogen-bond acceptors (Lipinski definition) is 2. The molecule has 0 saturated heterocycles. The minimum absolute atomic E-state index is 0.181. The minimum Gasteiger partial charge on any atom is -0.457 e. The number of thiophene rings is 1. The van der Waals surface area contributed by atoms with Gasteiger partial charge in [0.25, 0.3) is 0 Å². The van der Waals surface area contributed by atoms with Crippen LogP contribution in [-0.2, 0) is 0 Å². The van der Waals surface area contributed by atoms with Gasteiger partial charge in [-0.25, -0.2) is 0 Å². The zero-order valence-corrected chi connectivity index (χ0v) is 13.3. The van der Waals surface area contributed by atoms with Crippen LogP contribution in [0, 0.1) is 6.92 Å². The molecular weight excluding hydrogens is 408 g/mol. The van der Waals surface area contributed by atoms with Crippen LogP contribution in [0.2, 0.25) is 0 Å². The van der Waals surface area contributed by atoms with Gasteiger partial charge in [0, 0.05) is 19.8 Å². The second-order valence-electron chi connectivity index (χ2n) is 3.07. The molecule has 0 saturated carbocycles. The first-order valence-electron chi connectivity index (χ1n) is 4.22. The lowest BCUT2D eigenvalue weighted by Crippen LogP contribution is -1.86. The van der Waals surface area contributed by atoms with Crippen molar-refractivity contribution >= 4 is 59.1 Å². The van der Waals surface area contributed by atoms with Crippen LogP contribution in [0.3, 0.4) is 0 Å². The predicted octanol–water partition coefficient (Wildman–Crippen LogP) is 5.66. The van der Waals surface area contributed by atoms with E-state index in [1.54, 1.807) is 17.6 Å². The maximum Gasteiger partial charge on any atom is 0.173 e. The highest BCUT2D eigenvalue weighted by molar-refractivity contribution is 9.11. The average Bonchev–Trinajstić information content (AvgIpc) is 2.74. The zero-order chi connectivity index (χ0) is 11.0. The summed E-state index contributed by atoms with van der Waals surface area (Å²) in [5.74, 6) is 0. The highest BCUT2D eigenvalue weighted by atomic mass is 79.9. The molecule has 1 atom stereocenters. The van der Waals surface area contributed by atoms with E-state index in [-0.39, 0.29) is 4.83 Å². The normalized spacial score (nSPS) is 13.1. The van der Waals surface area contributed by atoms with Crippen LogP contribution in [0.15, 0.2) is 32.0 Å². The number of aryl methyl sites for hydroxylation is 1. The Hall–Kier alpha value is 0.420. The van der Waals surface area contributed by atoms with Gasteiger partial charge in [0.05, 0.1) is 11.1 Å². The van der Waals surface area contributed by atoms with E-state index >= 15 is 0 Å². The molecule has 0 aromatic carbocycles. The summed E-state index contributed by atoms with van der Waals surface area (Å²) in [5.41, 5.74) is 1.11. The molecular formula is C10H7Br3OS. The monoisotopic (exact) mass is 412 g/mol. The molecule has 2 aromatic rings. The van der Waals surface area contributed by atoms with Gasteiger partial charge in [-0.2, -0.15) is 0 Å². The molecule has 0 aliphatic rings. The van der Waals surface area contributed by atoms with Crippen molar-refractivity contribution in [3.8, 4) is 0 Å². The first-order chi connectivity index (χ1) is 7.09. The summed E-state index contributed by atoms with van der Waals surface area (Å²) < 4.78 is 7.17. The molecule has 2 aromatic heterocycles. The number of hydrogen-bond donors (Lipinski definition) is 0. The third kappa shape index (κ3) is 2.40. The topological polar surface area (TPSA) is 13.1 Å². The lowest BCUT2D eigenvalue weighted by atomic mass is 10.2. The zero-order valence-electron chi connectivity index (χ0n) is 7.76. The molecule has 80 valence electrons. The molecule has 0 fully saturated rings. The van der Waals surface area contributed by atoms with Crippen molar-refractivity contribution in [1.29, 1.82) is 0 Å². The fourth-order valence-corrected chi connectivity index (χ4v) is 4.35. The summed E-state index contributed by atoms with van der Waals surface area (Å²) >= 11 is 12.4. The average molecular weight is 415 g/mol. The second kappa shape index (κ2) is 4.73. The van der Waals surface area contributed by atoms with Crippen LogP contribution < -0.4 is 0 Å². The van der Waals surface area contributed by atoms with Crippen LogP contribution in [-0.4, -0.2) is 0 Å². The maximum absolute atomic E-state index is 5.22. The van der Waals surface area contributed by atoms with E-state index in [4.69, 9.17) is 4.42 Å². The van der Waals surface area contributed by atoms with Gasteiger partial charge in [0.2, 0.25) is 0 Å². The molecule has 2 heterocycles. The highest BCUT2D eigenvalue weighted by Crippen LogP contribution is 2.41. The summed E-state index contributed by atoms with van der Waals surface area (Å²) in [6.07, 6.45) is 1.68. The van der Waals surface area contributed by atoms with Crippen LogP contribution in [0.25, 0.3) is 0 Å². The third-order valence-electron chi connectivity index (χ3n) is 2.05. The molecule has 0 bridgehead atoms. The fraction of sp³-hybridized carbons (Fsp3) is 0.200. The molecule has 0 aliphatic heterocycles. The van der Waals surface area contributed by atoms with Crippen molar-refractivity contribution in [3.63, 3.8) is 0 Å². The van der Waals surface area contributed by atoms with E-state index in [2.05, 4.69) is 60.8 Å². The van der Waals surface area contributed by atoms with Crippen LogP contribution in [0.5, 0.6) is 0 Å². The molecule has 0 aliphatic carbocycles. The summed E-state index contributed by atoms with van der Waals surface area (Å²) in [4.78, 5) is 2.73. The predicted molar refractivity (Wildman–Crippen MR) is 73.9 cm³/mol. The summed E-state index contributed by atoms with van der Waals surface area (Å²) in [7, 11) is 0. The minimum atomic E-state index is 0.181. The van der Waals surface area contributed by atoms with E-state index in [0.29, 0.717) is 0 Å². The van der Waals surface area contributed by atoms with E-state index in [0.717, 1.165) is 14.7 Å². The van der Waals surface area contributed by atoms with Gasteiger partial charge in [-0.3, -0.25) is 0 Å². The van der Waals surface area contributed by atoms with Crippen molar-refractivity contribution < 1.29 is 4.42 Å². The van der Waals surface area contributed by atoms with E-state index in [1.165, 1.54) is 9.75 Å². The second-order valence-corrected chi connectivity index (χ2v) is 6.84. The van der Waals surface area contributed by atoms with Gasteiger partial charge in [-0.05, 0) is 50.9 Å². The van der Waals surface area contributed by atoms with Crippen molar-refractivity contribution in [2.75, 3.05) is 0 Å². The van der Waals surface area contributed by atoms with Gasteiger partial charge >= 0.3 is 0 Å². The summed E-state index contributed by atoms with van der Waals surface area (Å²) in [6, 6.07) is 4.10. The lowest BCUT2D eigenvalue weighted by Gasteiger charge is -2.04. The van der Waals surface area contributed by atoms with Crippen molar-refractivity contribution in [3.05, 3.63) is 42.9 Å². The van der Waals surface area contributed by atoms with E-state index < -0.39 is 0 Å². The van der Waals surface area contributed by atoms with Crippen LogP contribution >= 0.6 is 59.1 Å². The largest absolute Gasteiger partial charge is 0.457 e. The summed E-state index contributed by atoms with van der Waals surface area (Å²) in [5, 5.41) is 0. The Bertz CT molecular complexity index is 455. The number of alkyl halides is 1. The fourth-order valence-electron chi connectivity index (χ4n) is 1.24.